The zero-order valence-electron chi connectivity index (χ0n) is 8.61. The molecule has 17 heavy (non-hydrogen) atoms. The van der Waals surface area contributed by atoms with Gasteiger partial charge in [0.25, 0.3) is 6.43 Å². The highest BCUT2D eigenvalue weighted by Gasteiger charge is 2.21. The Kier molecular flexibility index (Phi) is 4.62. The lowest BCUT2D eigenvalue weighted by atomic mass is 10.1. The minimum atomic E-state index is -2.65. The van der Waals surface area contributed by atoms with E-state index in [2.05, 4.69) is 4.98 Å². The Morgan fingerprint density at radius 3 is 2.53 bits per heavy atom. The van der Waals surface area contributed by atoms with E-state index >= 15 is 0 Å². The largest absolute Gasteiger partial charge is 0.319 e. The van der Waals surface area contributed by atoms with Crippen molar-refractivity contribution in [3.05, 3.63) is 41.0 Å². The highest BCUT2D eigenvalue weighted by Crippen LogP contribution is 2.27. The van der Waals surface area contributed by atoms with E-state index in [0.29, 0.717) is 5.52 Å². The Labute approximate surface area is 108 Å². The van der Waals surface area contributed by atoms with Crippen LogP contribution in [0.1, 0.15) is 11.6 Å². The zero-order valence-corrected chi connectivity index (χ0v) is 10.2. The summed E-state index contributed by atoms with van der Waals surface area (Å²) in [4.78, 5) is 4.03. The van der Waals surface area contributed by atoms with Gasteiger partial charge in [-0.1, -0.05) is 29.8 Å². The molecule has 2 rings (SSSR count). The number of rotatable bonds is 2. The van der Waals surface area contributed by atoms with Crippen molar-refractivity contribution in [1.29, 1.82) is 0 Å². The summed E-state index contributed by atoms with van der Waals surface area (Å²) < 4.78 is 25.0. The molecule has 0 radical (unpaired) electrons. The molecule has 0 saturated heterocycles. The quantitative estimate of drug-likeness (QED) is 0.853. The van der Waals surface area contributed by atoms with Crippen molar-refractivity contribution >= 4 is 34.9 Å². The van der Waals surface area contributed by atoms with Crippen molar-refractivity contribution in [2.24, 2.45) is 5.73 Å². The number of para-hydroxylation sites is 1. The van der Waals surface area contributed by atoms with Crippen LogP contribution in [0.2, 0.25) is 5.15 Å². The van der Waals surface area contributed by atoms with Crippen LogP contribution in [0.4, 0.5) is 8.78 Å². The van der Waals surface area contributed by atoms with Crippen LogP contribution < -0.4 is 5.73 Å². The normalized spacial score (nSPS) is 12.5. The second-order valence-corrected chi connectivity index (χ2v) is 3.78. The van der Waals surface area contributed by atoms with Gasteiger partial charge >= 0.3 is 0 Å². The molecule has 0 spiro atoms. The summed E-state index contributed by atoms with van der Waals surface area (Å²) in [5.74, 6) is 0. The number of nitrogens with zero attached hydrogens (tertiary/aromatic N) is 1. The van der Waals surface area contributed by atoms with Crippen molar-refractivity contribution in [1.82, 2.24) is 4.98 Å². The predicted octanol–water partition coefficient (Wildman–Crippen LogP) is 3.57. The molecule has 0 fully saturated rings. The number of alkyl halides is 2. The first-order chi connectivity index (χ1) is 7.59. The number of benzene rings is 1. The number of fused-ring (bicyclic) bond motifs is 1. The highest BCUT2D eigenvalue weighted by molar-refractivity contribution is 6.30. The van der Waals surface area contributed by atoms with Crippen LogP contribution in [0.5, 0.6) is 0 Å². The first-order valence-corrected chi connectivity index (χ1v) is 5.06. The number of hydrogen-bond donors (Lipinski definition) is 1. The number of hydrogen-bond acceptors (Lipinski definition) is 2. The SMILES string of the molecule is Cl.N[C@@H](c1cc2ccccc2nc1Cl)C(F)F. The number of aromatic nitrogens is 1. The molecule has 0 saturated carbocycles. The Balaban J connectivity index is 0.00000144. The van der Waals surface area contributed by atoms with Crippen LogP contribution in [0.25, 0.3) is 10.9 Å². The maximum atomic E-state index is 12.5. The highest BCUT2D eigenvalue weighted by atomic mass is 35.5. The molecule has 2 aromatic rings. The molecular formula is C11H10Cl2F2N2. The summed E-state index contributed by atoms with van der Waals surface area (Å²) in [5, 5.41) is 0.782. The van der Waals surface area contributed by atoms with E-state index in [9.17, 15) is 8.78 Å². The third-order valence-corrected chi connectivity index (χ3v) is 2.64. The second kappa shape index (κ2) is 5.58. The predicted molar refractivity (Wildman–Crippen MR) is 66.9 cm³/mol. The molecule has 0 aliphatic rings. The fraction of sp³-hybridized carbons (Fsp3) is 0.182. The van der Waals surface area contributed by atoms with E-state index in [1.165, 1.54) is 0 Å². The van der Waals surface area contributed by atoms with E-state index in [-0.39, 0.29) is 23.1 Å². The van der Waals surface area contributed by atoms with E-state index in [4.69, 9.17) is 17.3 Å². The monoisotopic (exact) mass is 278 g/mol. The van der Waals surface area contributed by atoms with Crippen molar-refractivity contribution in [2.45, 2.75) is 12.5 Å². The average molecular weight is 279 g/mol. The fourth-order valence-electron chi connectivity index (χ4n) is 1.48. The van der Waals surface area contributed by atoms with E-state index in [0.717, 1.165) is 5.39 Å². The van der Waals surface area contributed by atoms with Gasteiger partial charge in [-0.2, -0.15) is 0 Å². The van der Waals surface area contributed by atoms with Gasteiger partial charge in [0.1, 0.15) is 5.15 Å². The Bertz CT molecular complexity index is 520. The molecule has 1 aromatic heterocycles. The minimum absolute atomic E-state index is 0. The van der Waals surface area contributed by atoms with Gasteiger partial charge in [-0.3, -0.25) is 0 Å². The molecule has 92 valence electrons. The molecule has 1 heterocycles. The van der Waals surface area contributed by atoms with Crippen LogP contribution in [-0.4, -0.2) is 11.4 Å². The molecule has 1 aromatic carbocycles. The molecule has 0 aliphatic heterocycles. The molecule has 0 amide bonds. The lowest BCUT2D eigenvalue weighted by Crippen LogP contribution is -2.19. The van der Waals surface area contributed by atoms with Gasteiger partial charge in [-0.05, 0) is 12.1 Å². The summed E-state index contributed by atoms with van der Waals surface area (Å²) in [7, 11) is 0. The maximum absolute atomic E-state index is 12.5. The smallest absolute Gasteiger partial charge is 0.257 e. The van der Waals surface area contributed by atoms with Crippen molar-refractivity contribution in [2.75, 3.05) is 0 Å². The zero-order chi connectivity index (χ0) is 11.7. The molecule has 6 heteroatoms. The third kappa shape index (κ3) is 2.83. The van der Waals surface area contributed by atoms with Gasteiger partial charge in [0.15, 0.2) is 0 Å². The summed E-state index contributed by atoms with van der Waals surface area (Å²) in [6.45, 7) is 0. The first kappa shape index (κ1) is 14.1. The van der Waals surface area contributed by atoms with Crippen LogP contribution in [-0.2, 0) is 0 Å². The summed E-state index contributed by atoms with van der Waals surface area (Å²) in [6.07, 6.45) is -2.65. The van der Waals surface area contributed by atoms with Crippen LogP contribution in [0, 0.1) is 0 Å². The first-order valence-electron chi connectivity index (χ1n) is 4.68. The summed E-state index contributed by atoms with van der Waals surface area (Å²) in [6, 6.07) is 7.30. The van der Waals surface area contributed by atoms with E-state index in [1.807, 2.05) is 0 Å². The number of pyridine rings is 1. The van der Waals surface area contributed by atoms with Gasteiger partial charge in [-0.15, -0.1) is 12.4 Å². The summed E-state index contributed by atoms with van der Waals surface area (Å²) in [5.41, 5.74) is 6.20. The van der Waals surface area contributed by atoms with Crippen LogP contribution in [0.3, 0.4) is 0 Å². The molecular weight excluding hydrogens is 269 g/mol. The molecule has 0 unspecified atom stereocenters. The van der Waals surface area contributed by atoms with Gasteiger partial charge in [0, 0.05) is 10.9 Å². The van der Waals surface area contributed by atoms with Gasteiger partial charge < -0.3 is 5.73 Å². The third-order valence-electron chi connectivity index (χ3n) is 2.34. The van der Waals surface area contributed by atoms with Gasteiger partial charge in [0.2, 0.25) is 0 Å². The number of halogens is 4. The minimum Gasteiger partial charge on any atom is -0.319 e. The Hall–Kier alpha value is -0.970. The number of nitrogens with two attached hydrogens (primary N) is 1. The lowest BCUT2D eigenvalue weighted by Gasteiger charge is -2.12. The maximum Gasteiger partial charge on any atom is 0.257 e. The van der Waals surface area contributed by atoms with Crippen molar-refractivity contribution < 1.29 is 8.78 Å². The second-order valence-electron chi connectivity index (χ2n) is 3.42. The molecule has 0 bridgehead atoms. The van der Waals surface area contributed by atoms with Crippen molar-refractivity contribution in [3.63, 3.8) is 0 Å². The Morgan fingerprint density at radius 2 is 1.88 bits per heavy atom. The topological polar surface area (TPSA) is 38.9 Å². The molecule has 1 atom stereocenters. The van der Waals surface area contributed by atoms with Gasteiger partial charge in [0.05, 0.1) is 11.6 Å². The molecule has 2 N–H and O–H groups in total. The molecule has 0 aliphatic carbocycles. The lowest BCUT2D eigenvalue weighted by molar-refractivity contribution is 0.116. The van der Waals surface area contributed by atoms with Crippen molar-refractivity contribution in [3.8, 4) is 0 Å². The standard InChI is InChI=1S/C11H9ClF2N2.ClH/c12-10-7(9(15)11(13)14)5-6-3-1-2-4-8(6)16-10;/h1-5,9,11H,15H2;1H/t9-;/m0./s1. The van der Waals surface area contributed by atoms with Crippen LogP contribution >= 0.6 is 24.0 Å². The fourth-order valence-corrected chi connectivity index (χ4v) is 1.75. The summed E-state index contributed by atoms with van der Waals surface area (Å²) >= 11 is 5.82. The van der Waals surface area contributed by atoms with Crippen LogP contribution in [0.15, 0.2) is 30.3 Å². The Morgan fingerprint density at radius 1 is 1.24 bits per heavy atom. The molecule has 2 nitrogen and oxygen atoms in total. The van der Waals surface area contributed by atoms with E-state index < -0.39 is 12.5 Å². The average Bonchev–Trinajstić information content (AvgIpc) is 2.27. The van der Waals surface area contributed by atoms with Gasteiger partial charge in [-0.25, -0.2) is 13.8 Å². The van der Waals surface area contributed by atoms with E-state index in [1.54, 1.807) is 30.3 Å².